The molecule has 15 heavy (non-hydrogen) atoms. The van der Waals surface area contributed by atoms with Crippen LogP contribution in [0.25, 0.3) is 10.9 Å². The first-order valence-electron chi connectivity index (χ1n) is 4.17. The molecule has 0 bridgehead atoms. The van der Waals surface area contributed by atoms with E-state index in [0.717, 1.165) is 0 Å². The summed E-state index contributed by atoms with van der Waals surface area (Å²) in [5, 5.41) is -0.333. The summed E-state index contributed by atoms with van der Waals surface area (Å²) in [5.41, 5.74) is 0.0674. The molecule has 0 aliphatic rings. The summed E-state index contributed by atoms with van der Waals surface area (Å²) in [4.78, 5) is 13.1. The Kier molecular flexibility index (Phi) is 2.03. The van der Waals surface area contributed by atoms with Gasteiger partial charge in [0.1, 0.15) is 5.82 Å². The monoisotopic (exact) mass is 213 g/mol. The van der Waals surface area contributed by atoms with Gasteiger partial charge in [0, 0.05) is 17.3 Å². The highest BCUT2D eigenvalue weighted by atomic mass is 19.2. The highest BCUT2D eigenvalue weighted by molar-refractivity contribution is 5.99. The minimum atomic E-state index is -1.30. The number of aryl methyl sites for hydroxylation is 1. The second kappa shape index (κ2) is 3.12. The molecule has 5 heteroatoms. The number of carbonyl (C=O) groups is 1. The number of fused-ring (bicyclic) bond motifs is 1. The van der Waals surface area contributed by atoms with Crippen molar-refractivity contribution < 1.29 is 18.0 Å². The third-order valence-electron chi connectivity index (χ3n) is 2.28. The van der Waals surface area contributed by atoms with Crippen molar-refractivity contribution in [3.63, 3.8) is 0 Å². The van der Waals surface area contributed by atoms with Crippen molar-refractivity contribution in [3.8, 4) is 0 Å². The number of carbonyl (C=O) groups excluding carboxylic acids is 1. The van der Waals surface area contributed by atoms with E-state index in [4.69, 9.17) is 0 Å². The molecule has 0 fully saturated rings. The van der Waals surface area contributed by atoms with Gasteiger partial charge in [-0.1, -0.05) is 0 Å². The number of benzene rings is 1. The number of H-pyrrole nitrogens is 1. The van der Waals surface area contributed by atoms with Crippen LogP contribution in [0.4, 0.5) is 13.2 Å². The predicted molar refractivity (Wildman–Crippen MR) is 48.3 cm³/mol. The molecule has 0 radical (unpaired) electrons. The van der Waals surface area contributed by atoms with Gasteiger partial charge in [0.2, 0.25) is 0 Å². The van der Waals surface area contributed by atoms with E-state index in [9.17, 15) is 18.0 Å². The average Bonchev–Trinajstić information content (AvgIpc) is 2.52. The molecule has 1 N–H and O–H groups in total. The number of aromatic nitrogens is 1. The molecule has 1 aromatic heterocycles. The number of nitrogens with one attached hydrogen (secondary N) is 1. The lowest BCUT2D eigenvalue weighted by molar-refractivity contribution is 0.112. The molecule has 0 aliphatic heterocycles. The molecule has 2 nitrogen and oxygen atoms in total. The van der Waals surface area contributed by atoms with Crippen LogP contribution in [0.2, 0.25) is 0 Å². The molecule has 0 aliphatic carbocycles. The van der Waals surface area contributed by atoms with Crippen molar-refractivity contribution in [2.75, 3.05) is 0 Å². The van der Waals surface area contributed by atoms with Crippen LogP contribution >= 0.6 is 0 Å². The number of aromatic amines is 1. The van der Waals surface area contributed by atoms with Crippen molar-refractivity contribution in [2.24, 2.45) is 0 Å². The summed E-state index contributed by atoms with van der Waals surface area (Å²) in [7, 11) is 0. The van der Waals surface area contributed by atoms with Crippen LogP contribution in [0.1, 0.15) is 16.1 Å². The standard InChI is InChI=1S/C10H6F3NO/c1-4-5(3-15)8-9(13)6(11)2-7(12)10(8)14-4/h2-3,14H,1H3. The van der Waals surface area contributed by atoms with Gasteiger partial charge in [-0.3, -0.25) is 4.79 Å². The van der Waals surface area contributed by atoms with E-state index in [-0.39, 0.29) is 16.5 Å². The lowest BCUT2D eigenvalue weighted by Crippen LogP contribution is -1.90. The largest absolute Gasteiger partial charge is 0.356 e. The fraction of sp³-hybridized carbons (Fsp3) is 0.100. The van der Waals surface area contributed by atoms with Gasteiger partial charge in [-0.05, 0) is 6.92 Å². The van der Waals surface area contributed by atoms with E-state index in [1.54, 1.807) is 0 Å². The second-order valence-electron chi connectivity index (χ2n) is 3.19. The molecule has 78 valence electrons. The molecular weight excluding hydrogens is 207 g/mol. The van der Waals surface area contributed by atoms with Gasteiger partial charge in [-0.2, -0.15) is 0 Å². The molecule has 1 aromatic carbocycles. The molecule has 0 saturated heterocycles. The molecule has 2 rings (SSSR count). The molecule has 0 unspecified atom stereocenters. The van der Waals surface area contributed by atoms with Crippen molar-refractivity contribution in [2.45, 2.75) is 6.92 Å². The van der Waals surface area contributed by atoms with Crippen LogP contribution in [0.15, 0.2) is 6.07 Å². The summed E-state index contributed by atoms with van der Waals surface area (Å²) < 4.78 is 39.4. The summed E-state index contributed by atoms with van der Waals surface area (Å²) >= 11 is 0. The molecule has 1 heterocycles. The number of hydrogen-bond donors (Lipinski definition) is 1. The Balaban J connectivity index is 3.04. The fourth-order valence-electron chi connectivity index (χ4n) is 1.56. The summed E-state index contributed by atoms with van der Waals surface area (Å²) in [5.74, 6) is -3.43. The van der Waals surface area contributed by atoms with E-state index < -0.39 is 17.5 Å². The topological polar surface area (TPSA) is 32.9 Å². The van der Waals surface area contributed by atoms with Gasteiger partial charge < -0.3 is 4.98 Å². The Morgan fingerprint density at radius 3 is 2.53 bits per heavy atom. The van der Waals surface area contributed by atoms with Gasteiger partial charge >= 0.3 is 0 Å². The first-order valence-corrected chi connectivity index (χ1v) is 4.17. The van der Waals surface area contributed by atoms with Gasteiger partial charge in [0.05, 0.1) is 10.9 Å². The van der Waals surface area contributed by atoms with Gasteiger partial charge in [0.15, 0.2) is 17.9 Å². The average molecular weight is 213 g/mol. The van der Waals surface area contributed by atoms with Crippen LogP contribution in [0.5, 0.6) is 0 Å². The predicted octanol–water partition coefficient (Wildman–Crippen LogP) is 2.71. The highest BCUT2D eigenvalue weighted by Crippen LogP contribution is 2.27. The molecule has 0 amide bonds. The maximum atomic E-state index is 13.3. The van der Waals surface area contributed by atoms with E-state index in [2.05, 4.69) is 4.98 Å². The van der Waals surface area contributed by atoms with Crippen molar-refractivity contribution >= 4 is 17.2 Å². The summed E-state index contributed by atoms with van der Waals surface area (Å²) in [6, 6.07) is 0.447. The summed E-state index contributed by atoms with van der Waals surface area (Å²) in [6.45, 7) is 1.49. The molecule has 0 saturated carbocycles. The minimum Gasteiger partial charge on any atom is -0.356 e. The Morgan fingerprint density at radius 2 is 1.93 bits per heavy atom. The van der Waals surface area contributed by atoms with E-state index >= 15 is 0 Å². The third-order valence-corrected chi connectivity index (χ3v) is 2.28. The minimum absolute atomic E-state index is 0.0547. The van der Waals surface area contributed by atoms with Crippen molar-refractivity contribution in [1.82, 2.24) is 4.98 Å². The Morgan fingerprint density at radius 1 is 1.27 bits per heavy atom. The SMILES string of the molecule is Cc1[nH]c2c(F)cc(F)c(F)c2c1C=O. The van der Waals surface area contributed by atoms with Gasteiger partial charge in [-0.25, -0.2) is 13.2 Å². The summed E-state index contributed by atoms with van der Waals surface area (Å²) in [6.07, 6.45) is 0.371. The molecule has 0 atom stereocenters. The normalized spacial score (nSPS) is 10.9. The Bertz CT molecular complexity index is 560. The Hall–Kier alpha value is -1.78. The first kappa shape index (κ1) is 9.76. The zero-order chi connectivity index (χ0) is 11.2. The lowest BCUT2D eigenvalue weighted by atomic mass is 10.1. The zero-order valence-electron chi connectivity index (χ0n) is 7.70. The van der Waals surface area contributed by atoms with E-state index in [1.165, 1.54) is 6.92 Å². The van der Waals surface area contributed by atoms with Crippen LogP contribution in [-0.2, 0) is 0 Å². The second-order valence-corrected chi connectivity index (χ2v) is 3.19. The van der Waals surface area contributed by atoms with Crippen LogP contribution < -0.4 is 0 Å². The molecular formula is C10H6F3NO. The number of halogens is 3. The van der Waals surface area contributed by atoms with E-state index in [0.29, 0.717) is 18.0 Å². The number of hydrogen-bond acceptors (Lipinski definition) is 1. The maximum absolute atomic E-state index is 13.3. The fourth-order valence-corrected chi connectivity index (χ4v) is 1.56. The first-order chi connectivity index (χ1) is 7.06. The zero-order valence-corrected chi connectivity index (χ0v) is 7.70. The van der Waals surface area contributed by atoms with Crippen molar-refractivity contribution in [3.05, 3.63) is 34.8 Å². The lowest BCUT2D eigenvalue weighted by Gasteiger charge is -1.97. The van der Waals surface area contributed by atoms with Crippen molar-refractivity contribution in [1.29, 1.82) is 0 Å². The third kappa shape index (κ3) is 1.23. The Labute approximate surface area is 82.7 Å². The molecule has 0 spiro atoms. The maximum Gasteiger partial charge on any atom is 0.169 e. The smallest absolute Gasteiger partial charge is 0.169 e. The number of rotatable bonds is 1. The number of aldehydes is 1. The van der Waals surface area contributed by atoms with Crippen LogP contribution in [0, 0.1) is 24.4 Å². The van der Waals surface area contributed by atoms with Crippen LogP contribution in [-0.4, -0.2) is 11.3 Å². The van der Waals surface area contributed by atoms with Gasteiger partial charge in [0.25, 0.3) is 0 Å². The van der Waals surface area contributed by atoms with E-state index in [1.807, 2.05) is 0 Å². The van der Waals surface area contributed by atoms with Gasteiger partial charge in [-0.15, -0.1) is 0 Å². The van der Waals surface area contributed by atoms with Crippen LogP contribution in [0.3, 0.4) is 0 Å². The quantitative estimate of drug-likeness (QED) is 0.573. The molecule has 2 aromatic rings. The highest BCUT2D eigenvalue weighted by Gasteiger charge is 2.19.